The summed E-state index contributed by atoms with van der Waals surface area (Å²) in [5.74, 6) is 1.62. The number of rotatable bonds is 5. The highest BCUT2D eigenvalue weighted by molar-refractivity contribution is 7.20. The van der Waals surface area contributed by atoms with Crippen molar-refractivity contribution in [2.45, 2.75) is 39.0 Å². The Labute approximate surface area is 183 Å². The molecule has 1 aliphatic rings. The van der Waals surface area contributed by atoms with Gasteiger partial charge in [0, 0.05) is 24.0 Å². The fraction of sp³-hybridized carbons (Fsp3) is 0.364. The Morgan fingerprint density at radius 1 is 1.23 bits per heavy atom. The van der Waals surface area contributed by atoms with E-state index in [1.165, 1.54) is 16.9 Å². The van der Waals surface area contributed by atoms with Gasteiger partial charge in [-0.1, -0.05) is 23.7 Å². The Morgan fingerprint density at radius 3 is 2.67 bits per heavy atom. The number of carbonyl (C=O) groups is 1. The molecule has 6 nitrogen and oxygen atoms in total. The van der Waals surface area contributed by atoms with E-state index in [9.17, 15) is 4.79 Å². The summed E-state index contributed by atoms with van der Waals surface area (Å²) in [6, 6.07) is 8.02. The molecule has 0 aliphatic heterocycles. The lowest BCUT2D eigenvalue weighted by Gasteiger charge is -2.17. The van der Waals surface area contributed by atoms with Crippen LogP contribution >= 0.6 is 22.9 Å². The van der Waals surface area contributed by atoms with E-state index in [2.05, 4.69) is 17.1 Å². The number of hydrogen-bond acceptors (Lipinski definition) is 5. The van der Waals surface area contributed by atoms with Crippen molar-refractivity contribution in [3.63, 3.8) is 0 Å². The van der Waals surface area contributed by atoms with E-state index in [-0.39, 0.29) is 5.91 Å². The smallest absolute Gasteiger partial charge is 0.264 e. The lowest BCUT2D eigenvalue weighted by Crippen LogP contribution is -2.30. The van der Waals surface area contributed by atoms with Crippen molar-refractivity contribution >= 4 is 44.7 Å². The third-order valence-electron chi connectivity index (χ3n) is 5.95. The van der Waals surface area contributed by atoms with Gasteiger partial charge in [0.2, 0.25) is 0 Å². The van der Waals surface area contributed by atoms with Crippen LogP contribution in [0.15, 0.2) is 30.6 Å². The van der Waals surface area contributed by atoms with Gasteiger partial charge in [-0.2, -0.15) is 0 Å². The summed E-state index contributed by atoms with van der Waals surface area (Å²) in [5, 5.41) is 6.39. The van der Waals surface area contributed by atoms with Crippen LogP contribution in [0.3, 0.4) is 0 Å². The largest absolute Gasteiger partial charge is 0.338 e. The normalized spacial score (nSPS) is 18.3. The molecule has 1 saturated carbocycles. The monoisotopic (exact) mass is 439 g/mol. The second-order valence-electron chi connectivity index (χ2n) is 7.70. The van der Waals surface area contributed by atoms with Gasteiger partial charge < -0.3 is 4.90 Å². The molecule has 1 aromatic carbocycles. The maximum Gasteiger partial charge on any atom is 0.264 e. The molecule has 3 heterocycles. The van der Waals surface area contributed by atoms with Crippen LogP contribution in [0.1, 0.15) is 58.7 Å². The molecular weight excluding hydrogens is 418 g/mol. The van der Waals surface area contributed by atoms with Crippen LogP contribution in [-0.4, -0.2) is 43.5 Å². The van der Waals surface area contributed by atoms with Crippen molar-refractivity contribution in [2.24, 2.45) is 0 Å². The van der Waals surface area contributed by atoms with Crippen LogP contribution in [0.25, 0.3) is 15.9 Å². The van der Waals surface area contributed by atoms with E-state index in [4.69, 9.17) is 21.7 Å². The average molecular weight is 440 g/mol. The lowest BCUT2D eigenvalue weighted by molar-refractivity contribution is 0.0777. The Hall–Kier alpha value is -2.51. The van der Waals surface area contributed by atoms with Crippen LogP contribution in [0.4, 0.5) is 0 Å². The van der Waals surface area contributed by atoms with Crippen molar-refractivity contribution < 1.29 is 4.79 Å². The molecule has 30 heavy (non-hydrogen) atoms. The zero-order valence-corrected chi connectivity index (χ0v) is 18.7. The van der Waals surface area contributed by atoms with E-state index in [0.717, 1.165) is 43.6 Å². The lowest BCUT2D eigenvalue weighted by atomic mass is 10.1. The molecule has 8 heteroatoms. The van der Waals surface area contributed by atoms with Crippen LogP contribution in [0, 0.1) is 6.92 Å². The molecule has 2 unspecified atom stereocenters. The maximum atomic E-state index is 12.9. The summed E-state index contributed by atoms with van der Waals surface area (Å²) < 4.78 is 1.75. The number of carbonyl (C=O) groups excluding carboxylic acids is 1. The maximum absolute atomic E-state index is 12.9. The van der Waals surface area contributed by atoms with Gasteiger partial charge in [0.1, 0.15) is 11.2 Å². The van der Waals surface area contributed by atoms with Crippen LogP contribution < -0.4 is 0 Å². The second kappa shape index (κ2) is 7.32. The molecule has 0 spiro atoms. The Balaban J connectivity index is 1.53. The summed E-state index contributed by atoms with van der Waals surface area (Å²) in [6.45, 7) is 7.36. The van der Waals surface area contributed by atoms with Gasteiger partial charge in [0.25, 0.3) is 5.91 Å². The zero-order chi connectivity index (χ0) is 21.0. The van der Waals surface area contributed by atoms with Crippen LogP contribution in [-0.2, 0) is 0 Å². The third-order valence-corrected chi connectivity index (χ3v) is 7.39. The summed E-state index contributed by atoms with van der Waals surface area (Å²) in [7, 11) is 0. The molecule has 4 aromatic rings. The first-order chi connectivity index (χ1) is 14.5. The minimum Gasteiger partial charge on any atom is -0.338 e. The highest BCUT2D eigenvalue weighted by Crippen LogP contribution is 2.53. The van der Waals surface area contributed by atoms with E-state index in [1.807, 2.05) is 37.8 Å². The third kappa shape index (κ3) is 3.08. The number of halogens is 1. The number of aromatic nitrogens is 4. The van der Waals surface area contributed by atoms with Crippen molar-refractivity contribution in [3.05, 3.63) is 57.4 Å². The molecule has 2 atom stereocenters. The van der Waals surface area contributed by atoms with E-state index >= 15 is 0 Å². The number of nitrogens with zero attached hydrogens (tertiary/aromatic N) is 5. The van der Waals surface area contributed by atoms with Gasteiger partial charge in [0.15, 0.2) is 11.5 Å². The molecule has 1 aliphatic carbocycles. The number of hydrogen-bond donors (Lipinski definition) is 0. The van der Waals surface area contributed by atoms with Gasteiger partial charge >= 0.3 is 0 Å². The molecule has 0 N–H and O–H groups in total. The molecule has 1 amide bonds. The Morgan fingerprint density at radius 2 is 1.97 bits per heavy atom. The molecule has 1 fully saturated rings. The predicted octanol–water partition coefficient (Wildman–Crippen LogP) is 5.05. The molecule has 3 aromatic heterocycles. The van der Waals surface area contributed by atoms with Crippen LogP contribution in [0.5, 0.6) is 0 Å². The quantitative estimate of drug-likeness (QED) is 0.436. The topological polar surface area (TPSA) is 63.4 Å². The van der Waals surface area contributed by atoms with E-state index in [0.29, 0.717) is 24.9 Å². The first kappa shape index (κ1) is 19.5. The number of fused-ring (bicyclic) bond motifs is 3. The van der Waals surface area contributed by atoms with E-state index < -0.39 is 0 Å². The molecule has 154 valence electrons. The minimum atomic E-state index is 0.0587. The van der Waals surface area contributed by atoms with Crippen molar-refractivity contribution in [2.75, 3.05) is 13.1 Å². The first-order valence-electron chi connectivity index (χ1n) is 10.2. The summed E-state index contributed by atoms with van der Waals surface area (Å²) >= 11 is 7.46. The van der Waals surface area contributed by atoms with Gasteiger partial charge in [-0.25, -0.2) is 14.5 Å². The number of aryl methyl sites for hydroxylation is 1. The standard InChI is InChI=1S/C22H22ClN5OS/c1-4-27(5-2)22(29)18-12(3)17-20-25-19(26-28(20)11-24-21(17)30-18)16-10-15(16)13-6-8-14(23)9-7-13/h6-9,11,15-16H,4-5,10H2,1-3H3. The van der Waals surface area contributed by atoms with Crippen molar-refractivity contribution in [1.82, 2.24) is 24.5 Å². The van der Waals surface area contributed by atoms with Gasteiger partial charge in [-0.05, 0) is 56.4 Å². The van der Waals surface area contributed by atoms with Crippen molar-refractivity contribution in [1.29, 1.82) is 0 Å². The highest BCUT2D eigenvalue weighted by atomic mass is 35.5. The minimum absolute atomic E-state index is 0.0587. The molecule has 0 bridgehead atoms. The molecule has 5 rings (SSSR count). The Bertz CT molecular complexity index is 1260. The number of thiophene rings is 1. The van der Waals surface area contributed by atoms with Crippen LogP contribution in [0.2, 0.25) is 5.02 Å². The predicted molar refractivity (Wildman–Crippen MR) is 120 cm³/mol. The summed E-state index contributed by atoms with van der Waals surface area (Å²) in [6.07, 6.45) is 2.73. The first-order valence-corrected chi connectivity index (χ1v) is 11.4. The highest BCUT2D eigenvalue weighted by Gasteiger charge is 2.42. The zero-order valence-electron chi connectivity index (χ0n) is 17.1. The molecule has 0 radical (unpaired) electrons. The van der Waals surface area contributed by atoms with E-state index in [1.54, 1.807) is 10.8 Å². The SMILES string of the molecule is CCN(CC)C(=O)c1sc2ncn3nc(C4CC4c4ccc(Cl)cc4)nc3c2c1C. The number of benzene rings is 1. The van der Waals surface area contributed by atoms with Crippen molar-refractivity contribution in [3.8, 4) is 0 Å². The number of amides is 1. The molecule has 0 saturated heterocycles. The average Bonchev–Trinajstić information content (AvgIpc) is 3.30. The van der Waals surface area contributed by atoms with Gasteiger partial charge in [0.05, 0.1) is 10.3 Å². The Kier molecular flexibility index (Phi) is 4.75. The van der Waals surface area contributed by atoms with Gasteiger partial charge in [-0.15, -0.1) is 16.4 Å². The molecular formula is C22H22ClN5OS. The summed E-state index contributed by atoms with van der Waals surface area (Å²) in [5.41, 5.74) is 2.99. The fourth-order valence-electron chi connectivity index (χ4n) is 4.12. The summed E-state index contributed by atoms with van der Waals surface area (Å²) in [4.78, 5) is 25.8. The van der Waals surface area contributed by atoms with Gasteiger partial charge in [-0.3, -0.25) is 4.79 Å². The fourth-order valence-corrected chi connectivity index (χ4v) is 5.36. The second-order valence-corrected chi connectivity index (χ2v) is 9.13.